The van der Waals surface area contributed by atoms with Crippen LogP contribution in [0.1, 0.15) is 17.3 Å². The monoisotopic (exact) mass is 272 g/mol. The van der Waals surface area contributed by atoms with Gasteiger partial charge in [0.1, 0.15) is 10.6 Å². The van der Waals surface area contributed by atoms with Crippen LogP contribution in [-0.4, -0.2) is 40.5 Å². The maximum atomic E-state index is 12.1. The maximum absolute atomic E-state index is 12.1. The molecule has 0 aliphatic rings. The summed E-state index contributed by atoms with van der Waals surface area (Å²) in [7, 11) is 1.47. The Labute approximate surface area is 109 Å². The molecule has 1 N–H and O–H groups in total. The number of para-hydroxylation sites is 1. The summed E-state index contributed by atoms with van der Waals surface area (Å²) in [6, 6.07) is 3.73. The highest BCUT2D eigenvalue weighted by Crippen LogP contribution is 2.29. The molecule has 0 saturated heterocycles. The molecule has 1 rings (SSSR count). The normalized spacial score (nSPS) is 12.0. The minimum absolute atomic E-state index is 0.0871. The van der Waals surface area contributed by atoms with Crippen LogP contribution in [0.4, 0.5) is 5.69 Å². The van der Waals surface area contributed by atoms with E-state index in [-0.39, 0.29) is 17.2 Å². The summed E-state index contributed by atoms with van der Waals surface area (Å²) < 4.78 is 0. The third kappa shape index (κ3) is 2.77. The number of amides is 1. The first-order valence-electron chi connectivity index (χ1n) is 5.21. The van der Waals surface area contributed by atoms with Crippen LogP contribution in [0, 0.1) is 10.1 Å². The summed E-state index contributed by atoms with van der Waals surface area (Å²) in [5, 5.41) is 19.8. The Bertz CT molecular complexity index is 478. The van der Waals surface area contributed by atoms with Crippen LogP contribution >= 0.6 is 11.6 Å². The van der Waals surface area contributed by atoms with Gasteiger partial charge in [0.05, 0.1) is 17.6 Å². The van der Waals surface area contributed by atoms with Crippen molar-refractivity contribution < 1.29 is 14.8 Å². The maximum Gasteiger partial charge on any atom is 0.300 e. The molecule has 0 aromatic heterocycles. The molecule has 0 radical (unpaired) electrons. The fourth-order valence-corrected chi connectivity index (χ4v) is 1.63. The highest BCUT2D eigenvalue weighted by Gasteiger charge is 2.27. The Hall–Kier alpha value is -1.66. The SMILES string of the molecule is CC(CO)N(C)C(=O)c1cccc(Cl)c1[N+](=O)[O-]. The van der Waals surface area contributed by atoms with Gasteiger partial charge in [0, 0.05) is 7.05 Å². The van der Waals surface area contributed by atoms with Crippen LogP contribution in [0.15, 0.2) is 18.2 Å². The van der Waals surface area contributed by atoms with Gasteiger partial charge in [0.2, 0.25) is 0 Å². The van der Waals surface area contributed by atoms with Gasteiger partial charge >= 0.3 is 5.69 Å². The molecular weight excluding hydrogens is 260 g/mol. The van der Waals surface area contributed by atoms with E-state index in [1.54, 1.807) is 6.92 Å². The molecule has 0 fully saturated rings. The number of nitro groups is 1. The van der Waals surface area contributed by atoms with E-state index in [9.17, 15) is 14.9 Å². The molecular formula is C11H13ClN2O4. The summed E-state index contributed by atoms with van der Waals surface area (Å²) in [5.41, 5.74) is -0.503. The number of benzene rings is 1. The van der Waals surface area contributed by atoms with E-state index in [0.717, 1.165) is 0 Å². The zero-order chi connectivity index (χ0) is 13.9. The molecule has 0 spiro atoms. The average molecular weight is 273 g/mol. The van der Waals surface area contributed by atoms with Crippen LogP contribution in [-0.2, 0) is 0 Å². The van der Waals surface area contributed by atoms with Crippen LogP contribution in [0.25, 0.3) is 0 Å². The Balaban J connectivity index is 3.21. The molecule has 1 aromatic rings. The van der Waals surface area contributed by atoms with Crippen molar-refractivity contribution in [2.75, 3.05) is 13.7 Å². The number of hydrogen-bond donors (Lipinski definition) is 1. The van der Waals surface area contributed by atoms with Gasteiger partial charge in [-0.1, -0.05) is 17.7 Å². The molecule has 0 bridgehead atoms. The number of halogens is 1. The molecule has 1 atom stereocenters. The Morgan fingerprint density at radius 3 is 2.72 bits per heavy atom. The number of rotatable bonds is 4. The standard InChI is InChI=1S/C11H13ClN2O4/c1-7(6-15)13(2)11(16)8-4-3-5-9(12)10(8)14(17)18/h3-5,7,15H,6H2,1-2H3. The van der Waals surface area contributed by atoms with Crippen LogP contribution in [0.3, 0.4) is 0 Å². The molecule has 6 nitrogen and oxygen atoms in total. The third-order valence-corrected chi connectivity index (χ3v) is 2.95. The Kier molecular flexibility index (Phi) is 4.63. The molecule has 0 saturated carbocycles. The topological polar surface area (TPSA) is 83.7 Å². The van der Waals surface area contributed by atoms with E-state index >= 15 is 0 Å². The molecule has 7 heteroatoms. The lowest BCUT2D eigenvalue weighted by Crippen LogP contribution is -2.37. The average Bonchev–Trinajstić information content (AvgIpc) is 2.35. The highest BCUT2D eigenvalue weighted by molar-refractivity contribution is 6.33. The molecule has 98 valence electrons. The summed E-state index contributed by atoms with van der Waals surface area (Å²) in [4.78, 5) is 23.5. The van der Waals surface area contributed by atoms with Crippen molar-refractivity contribution in [1.29, 1.82) is 0 Å². The molecule has 1 amide bonds. The van der Waals surface area contributed by atoms with E-state index in [2.05, 4.69) is 0 Å². The Morgan fingerprint density at radius 2 is 2.22 bits per heavy atom. The van der Waals surface area contributed by atoms with Crippen LogP contribution in [0.2, 0.25) is 5.02 Å². The smallest absolute Gasteiger partial charge is 0.300 e. The number of aliphatic hydroxyl groups excluding tert-OH is 1. The van der Waals surface area contributed by atoms with Crippen molar-refractivity contribution in [3.8, 4) is 0 Å². The second-order valence-electron chi connectivity index (χ2n) is 3.84. The van der Waals surface area contributed by atoms with Crippen molar-refractivity contribution in [3.05, 3.63) is 38.9 Å². The van der Waals surface area contributed by atoms with E-state index in [1.807, 2.05) is 0 Å². The number of carbonyl (C=O) groups is 1. The summed E-state index contributed by atoms with van der Waals surface area (Å²) >= 11 is 5.72. The first-order chi connectivity index (χ1) is 8.40. The van der Waals surface area contributed by atoms with Gasteiger partial charge in [0.25, 0.3) is 5.91 Å². The summed E-state index contributed by atoms with van der Waals surface area (Å²) in [5.74, 6) is -0.550. The molecule has 0 aliphatic carbocycles. The van der Waals surface area contributed by atoms with Crippen molar-refractivity contribution in [2.24, 2.45) is 0 Å². The molecule has 0 aliphatic heterocycles. The highest BCUT2D eigenvalue weighted by atomic mass is 35.5. The molecule has 18 heavy (non-hydrogen) atoms. The zero-order valence-corrected chi connectivity index (χ0v) is 10.7. The minimum Gasteiger partial charge on any atom is -0.394 e. The minimum atomic E-state index is -0.687. The summed E-state index contributed by atoms with van der Waals surface area (Å²) in [6.45, 7) is 1.41. The molecule has 1 unspecified atom stereocenters. The lowest BCUT2D eigenvalue weighted by Gasteiger charge is -2.23. The van der Waals surface area contributed by atoms with Gasteiger partial charge in [0.15, 0.2) is 0 Å². The quantitative estimate of drug-likeness (QED) is 0.668. The van der Waals surface area contributed by atoms with Crippen molar-refractivity contribution >= 4 is 23.2 Å². The second-order valence-corrected chi connectivity index (χ2v) is 4.25. The van der Waals surface area contributed by atoms with Gasteiger partial charge < -0.3 is 10.0 Å². The predicted octanol–water partition coefficient (Wildman–Crippen LogP) is 1.70. The Morgan fingerprint density at radius 1 is 1.61 bits per heavy atom. The van der Waals surface area contributed by atoms with Crippen LogP contribution < -0.4 is 0 Å². The molecule has 0 heterocycles. The van der Waals surface area contributed by atoms with E-state index in [0.29, 0.717) is 0 Å². The summed E-state index contributed by atoms with van der Waals surface area (Å²) in [6.07, 6.45) is 0. The van der Waals surface area contributed by atoms with Gasteiger partial charge in [-0.25, -0.2) is 0 Å². The number of likely N-dealkylation sites (N-methyl/N-ethyl adjacent to an activating group) is 1. The van der Waals surface area contributed by atoms with Gasteiger partial charge in [-0.15, -0.1) is 0 Å². The second kappa shape index (κ2) is 5.79. The van der Waals surface area contributed by atoms with Gasteiger partial charge in [-0.2, -0.15) is 0 Å². The van der Waals surface area contributed by atoms with Crippen molar-refractivity contribution in [1.82, 2.24) is 4.90 Å². The van der Waals surface area contributed by atoms with E-state index in [1.165, 1.54) is 30.1 Å². The number of carbonyl (C=O) groups excluding carboxylic acids is 1. The van der Waals surface area contributed by atoms with Crippen molar-refractivity contribution in [3.63, 3.8) is 0 Å². The first kappa shape index (κ1) is 14.4. The van der Waals surface area contributed by atoms with E-state index < -0.39 is 22.6 Å². The van der Waals surface area contributed by atoms with Gasteiger partial charge in [-0.3, -0.25) is 14.9 Å². The van der Waals surface area contributed by atoms with Crippen molar-refractivity contribution in [2.45, 2.75) is 13.0 Å². The first-order valence-corrected chi connectivity index (χ1v) is 5.58. The lowest BCUT2D eigenvalue weighted by molar-refractivity contribution is -0.385. The fourth-order valence-electron chi connectivity index (χ4n) is 1.39. The largest absolute Gasteiger partial charge is 0.394 e. The molecule has 1 aromatic carbocycles. The zero-order valence-electron chi connectivity index (χ0n) is 9.96. The van der Waals surface area contributed by atoms with Gasteiger partial charge in [-0.05, 0) is 19.1 Å². The third-order valence-electron chi connectivity index (χ3n) is 2.65. The number of nitro benzene ring substituents is 1. The number of nitrogens with zero attached hydrogens (tertiary/aromatic N) is 2. The van der Waals surface area contributed by atoms with E-state index in [4.69, 9.17) is 16.7 Å². The number of hydrogen-bond acceptors (Lipinski definition) is 4. The fraction of sp³-hybridized carbons (Fsp3) is 0.364. The predicted molar refractivity (Wildman–Crippen MR) is 66.7 cm³/mol. The lowest BCUT2D eigenvalue weighted by atomic mass is 10.1. The van der Waals surface area contributed by atoms with Crippen LogP contribution in [0.5, 0.6) is 0 Å². The number of aliphatic hydroxyl groups is 1.